The van der Waals surface area contributed by atoms with Crippen LogP contribution in [0.4, 0.5) is 0 Å². The van der Waals surface area contributed by atoms with Crippen LogP contribution in [0.3, 0.4) is 0 Å². The second-order valence-electron chi connectivity index (χ2n) is 5.70. The summed E-state index contributed by atoms with van der Waals surface area (Å²) >= 11 is 0. The quantitative estimate of drug-likeness (QED) is 0.913. The molecule has 2 aliphatic rings. The Morgan fingerprint density at radius 3 is 2.55 bits per heavy atom. The van der Waals surface area contributed by atoms with E-state index in [0.717, 1.165) is 37.6 Å². The molecule has 1 fully saturated rings. The molecule has 4 nitrogen and oxygen atoms in total. The van der Waals surface area contributed by atoms with Gasteiger partial charge in [-0.3, -0.25) is 4.90 Å². The van der Waals surface area contributed by atoms with Gasteiger partial charge in [0, 0.05) is 25.7 Å². The third-order valence-corrected chi connectivity index (χ3v) is 4.53. The van der Waals surface area contributed by atoms with Crippen molar-refractivity contribution in [1.82, 2.24) is 10.2 Å². The van der Waals surface area contributed by atoms with Crippen LogP contribution in [0.15, 0.2) is 12.1 Å². The highest BCUT2D eigenvalue weighted by atomic mass is 16.5. The number of piperidine rings is 1. The Labute approximate surface area is 121 Å². The van der Waals surface area contributed by atoms with Crippen molar-refractivity contribution in [2.75, 3.05) is 33.9 Å². The first-order valence-corrected chi connectivity index (χ1v) is 7.50. The monoisotopic (exact) mass is 276 g/mol. The first kappa shape index (κ1) is 13.7. The van der Waals surface area contributed by atoms with Crippen LogP contribution >= 0.6 is 0 Å². The molecule has 0 radical (unpaired) electrons. The van der Waals surface area contributed by atoms with Gasteiger partial charge in [-0.05, 0) is 49.1 Å². The Kier molecular flexibility index (Phi) is 4.13. The van der Waals surface area contributed by atoms with Crippen LogP contribution in [0.1, 0.15) is 24.0 Å². The van der Waals surface area contributed by atoms with Gasteiger partial charge in [-0.2, -0.15) is 0 Å². The van der Waals surface area contributed by atoms with Gasteiger partial charge in [0.15, 0.2) is 11.5 Å². The minimum Gasteiger partial charge on any atom is -0.493 e. The number of rotatable bonds is 3. The van der Waals surface area contributed by atoms with E-state index in [1.807, 2.05) is 0 Å². The van der Waals surface area contributed by atoms with E-state index >= 15 is 0 Å². The molecule has 1 unspecified atom stereocenters. The smallest absolute Gasteiger partial charge is 0.161 e. The van der Waals surface area contributed by atoms with Crippen molar-refractivity contribution in [2.45, 2.75) is 31.8 Å². The van der Waals surface area contributed by atoms with Crippen LogP contribution in [0.25, 0.3) is 0 Å². The third kappa shape index (κ3) is 2.63. The van der Waals surface area contributed by atoms with Gasteiger partial charge in [0.2, 0.25) is 0 Å². The Balaban J connectivity index is 1.79. The van der Waals surface area contributed by atoms with Crippen molar-refractivity contribution in [3.63, 3.8) is 0 Å². The number of benzene rings is 1. The number of ether oxygens (including phenoxy) is 2. The van der Waals surface area contributed by atoms with E-state index in [1.54, 1.807) is 14.2 Å². The summed E-state index contributed by atoms with van der Waals surface area (Å²) in [4.78, 5) is 2.61. The lowest BCUT2D eigenvalue weighted by molar-refractivity contribution is 0.150. The van der Waals surface area contributed by atoms with Crippen molar-refractivity contribution in [2.24, 2.45) is 0 Å². The fraction of sp³-hybridized carbons (Fsp3) is 0.625. The average Bonchev–Trinajstić information content (AvgIpc) is 2.53. The Bertz CT molecular complexity index is 470. The maximum absolute atomic E-state index is 5.43. The molecule has 1 N–H and O–H groups in total. The van der Waals surface area contributed by atoms with Gasteiger partial charge in [0.25, 0.3) is 0 Å². The number of nitrogens with one attached hydrogen (secondary N) is 1. The molecule has 0 saturated carbocycles. The fourth-order valence-electron chi connectivity index (χ4n) is 3.36. The predicted octanol–water partition coefficient (Wildman–Crippen LogP) is 1.81. The van der Waals surface area contributed by atoms with Crippen molar-refractivity contribution in [1.29, 1.82) is 0 Å². The van der Waals surface area contributed by atoms with Gasteiger partial charge in [-0.25, -0.2) is 0 Å². The lowest BCUT2D eigenvalue weighted by Gasteiger charge is -2.38. The van der Waals surface area contributed by atoms with E-state index in [0.29, 0.717) is 6.04 Å². The normalized spacial score (nSPS) is 23.2. The summed E-state index contributed by atoms with van der Waals surface area (Å²) in [5.41, 5.74) is 2.79. The van der Waals surface area contributed by atoms with E-state index in [1.165, 1.54) is 30.5 Å². The maximum Gasteiger partial charge on any atom is 0.161 e. The minimum absolute atomic E-state index is 0.685. The molecule has 0 bridgehead atoms. The largest absolute Gasteiger partial charge is 0.493 e. The number of hydrogen-bond acceptors (Lipinski definition) is 4. The maximum atomic E-state index is 5.43. The third-order valence-electron chi connectivity index (χ3n) is 4.53. The molecule has 2 heterocycles. The summed E-state index contributed by atoms with van der Waals surface area (Å²) in [6.07, 6.45) is 3.71. The molecule has 1 saturated heterocycles. The molecule has 1 aromatic rings. The van der Waals surface area contributed by atoms with Gasteiger partial charge in [-0.15, -0.1) is 0 Å². The van der Waals surface area contributed by atoms with E-state index in [9.17, 15) is 0 Å². The molecule has 0 spiro atoms. The Morgan fingerprint density at radius 1 is 1.15 bits per heavy atom. The first-order chi connectivity index (χ1) is 9.81. The standard InChI is InChI=1S/C16H24N2O2/c1-19-15-8-12-5-7-18(14-4-3-6-17-10-14)11-13(12)9-16(15)20-2/h8-9,14,17H,3-7,10-11H2,1-2H3. The predicted molar refractivity (Wildman–Crippen MR) is 79.6 cm³/mol. The van der Waals surface area contributed by atoms with Crippen molar-refractivity contribution in [3.05, 3.63) is 23.3 Å². The SMILES string of the molecule is COc1cc2c(cc1OC)CN(C1CCCNC1)CC2. The second kappa shape index (κ2) is 6.02. The highest BCUT2D eigenvalue weighted by Gasteiger charge is 2.25. The van der Waals surface area contributed by atoms with Crippen LogP contribution in [0, 0.1) is 0 Å². The van der Waals surface area contributed by atoms with Gasteiger partial charge in [-0.1, -0.05) is 0 Å². The molecule has 0 aliphatic carbocycles. The van der Waals surface area contributed by atoms with Crippen LogP contribution in [-0.2, 0) is 13.0 Å². The zero-order valence-corrected chi connectivity index (χ0v) is 12.4. The van der Waals surface area contributed by atoms with E-state index in [-0.39, 0.29) is 0 Å². The number of nitrogens with zero attached hydrogens (tertiary/aromatic N) is 1. The zero-order chi connectivity index (χ0) is 13.9. The molecule has 2 aliphatic heterocycles. The molecule has 1 atom stereocenters. The highest BCUT2D eigenvalue weighted by molar-refractivity contribution is 5.48. The van der Waals surface area contributed by atoms with Crippen molar-refractivity contribution < 1.29 is 9.47 Å². The van der Waals surface area contributed by atoms with Crippen molar-refractivity contribution in [3.8, 4) is 11.5 Å². The lowest BCUT2D eigenvalue weighted by atomic mass is 9.96. The summed E-state index contributed by atoms with van der Waals surface area (Å²) in [7, 11) is 3.41. The molecule has 4 heteroatoms. The molecule has 20 heavy (non-hydrogen) atoms. The van der Waals surface area contributed by atoms with Crippen LogP contribution < -0.4 is 14.8 Å². The number of methoxy groups -OCH3 is 2. The fourth-order valence-corrected chi connectivity index (χ4v) is 3.36. The van der Waals surface area contributed by atoms with Crippen molar-refractivity contribution >= 4 is 0 Å². The van der Waals surface area contributed by atoms with E-state index in [4.69, 9.17) is 9.47 Å². The van der Waals surface area contributed by atoms with Gasteiger partial charge in [0.05, 0.1) is 14.2 Å². The van der Waals surface area contributed by atoms with Crippen LogP contribution in [0.5, 0.6) is 11.5 Å². The molecule has 1 aromatic carbocycles. The van der Waals surface area contributed by atoms with E-state index in [2.05, 4.69) is 22.3 Å². The van der Waals surface area contributed by atoms with Gasteiger partial charge in [0.1, 0.15) is 0 Å². The zero-order valence-electron chi connectivity index (χ0n) is 12.4. The number of fused-ring (bicyclic) bond motifs is 1. The van der Waals surface area contributed by atoms with Gasteiger partial charge >= 0.3 is 0 Å². The van der Waals surface area contributed by atoms with Crippen LogP contribution in [-0.4, -0.2) is 44.8 Å². The Morgan fingerprint density at radius 2 is 1.90 bits per heavy atom. The summed E-state index contributed by atoms with van der Waals surface area (Å²) in [5, 5.41) is 3.51. The first-order valence-electron chi connectivity index (χ1n) is 7.50. The van der Waals surface area contributed by atoms with Gasteiger partial charge < -0.3 is 14.8 Å². The molecule has 110 valence electrons. The molecule has 3 rings (SSSR count). The summed E-state index contributed by atoms with van der Waals surface area (Å²) in [6, 6.07) is 4.98. The number of hydrogen-bond donors (Lipinski definition) is 1. The highest BCUT2D eigenvalue weighted by Crippen LogP contribution is 2.33. The Hall–Kier alpha value is -1.26. The average molecular weight is 276 g/mol. The van der Waals surface area contributed by atoms with E-state index < -0.39 is 0 Å². The topological polar surface area (TPSA) is 33.7 Å². The molecule has 0 aromatic heterocycles. The molecular weight excluding hydrogens is 252 g/mol. The summed E-state index contributed by atoms with van der Waals surface area (Å²) < 4.78 is 10.8. The molecule has 0 amide bonds. The molecular formula is C16H24N2O2. The summed E-state index contributed by atoms with van der Waals surface area (Å²) in [5.74, 6) is 1.69. The lowest BCUT2D eigenvalue weighted by Crippen LogP contribution is -2.47. The summed E-state index contributed by atoms with van der Waals surface area (Å²) in [6.45, 7) is 4.48. The minimum atomic E-state index is 0.685. The second-order valence-corrected chi connectivity index (χ2v) is 5.70. The van der Waals surface area contributed by atoms with Crippen LogP contribution in [0.2, 0.25) is 0 Å².